The minimum Gasteiger partial charge on any atom is -0.508 e. The minimum absolute atomic E-state index is 0.00123. The molecule has 6 atom stereocenters. The van der Waals surface area contributed by atoms with E-state index in [9.17, 15) is 38.7 Å². The molecule has 2 saturated heterocycles. The van der Waals surface area contributed by atoms with Crippen molar-refractivity contribution in [3.63, 3.8) is 0 Å². The smallest absolute Gasteiger partial charge is 0.244 e. The number of aromatic amines is 1. The van der Waals surface area contributed by atoms with E-state index in [4.69, 9.17) is 5.73 Å². The summed E-state index contributed by atoms with van der Waals surface area (Å²) in [7, 11) is 2.58. The average molecular weight is 852 g/mol. The molecule has 2 aliphatic rings. The maximum Gasteiger partial charge on any atom is 0.244 e. The van der Waals surface area contributed by atoms with Crippen molar-refractivity contribution in [2.45, 2.75) is 88.6 Å². The zero-order valence-corrected chi connectivity index (χ0v) is 34.6. The summed E-state index contributed by atoms with van der Waals surface area (Å²) in [4.78, 5) is 99.9. The van der Waals surface area contributed by atoms with Crippen molar-refractivity contribution < 1.29 is 38.7 Å². The number of aromatic nitrogens is 1. The van der Waals surface area contributed by atoms with Crippen LogP contribution in [0.4, 0.5) is 0 Å². The second kappa shape index (κ2) is 21.7. The van der Waals surface area contributed by atoms with E-state index in [1.54, 1.807) is 18.3 Å². The van der Waals surface area contributed by atoms with E-state index >= 15 is 0 Å². The molecule has 0 spiro atoms. The third-order valence-electron chi connectivity index (χ3n) is 9.92. The highest BCUT2D eigenvalue weighted by Gasteiger charge is 2.35. The van der Waals surface area contributed by atoms with Crippen LogP contribution in [0.2, 0.25) is 0 Å². The first-order chi connectivity index (χ1) is 28.3. The third-order valence-corrected chi connectivity index (χ3v) is 12.3. The lowest BCUT2D eigenvalue weighted by atomic mass is 10.00. The lowest BCUT2D eigenvalue weighted by Gasteiger charge is -2.28. The number of para-hydroxylation sites is 1. The van der Waals surface area contributed by atoms with Gasteiger partial charge in [-0.1, -0.05) is 65.8 Å². The second-order valence-corrected chi connectivity index (χ2v) is 17.6. The van der Waals surface area contributed by atoms with E-state index < -0.39 is 84.1 Å². The molecule has 2 bridgehead atoms. The van der Waals surface area contributed by atoms with Crippen LogP contribution < -0.4 is 43.0 Å². The second-order valence-electron chi connectivity index (χ2n) is 15.1. The van der Waals surface area contributed by atoms with Gasteiger partial charge in [0.05, 0.1) is 6.54 Å². The predicted molar refractivity (Wildman–Crippen MR) is 226 cm³/mol. The van der Waals surface area contributed by atoms with Crippen molar-refractivity contribution in [1.29, 1.82) is 0 Å². The van der Waals surface area contributed by atoms with Crippen LogP contribution >= 0.6 is 21.6 Å². The normalized spacial score (nSPS) is 24.4. The molecule has 0 aliphatic carbocycles. The molecule has 2 fully saturated rings. The van der Waals surface area contributed by atoms with E-state index in [1.807, 2.05) is 38.1 Å². The number of unbranched alkanes of at least 4 members (excludes halogenated alkanes) is 1. The van der Waals surface area contributed by atoms with E-state index in [0.717, 1.165) is 10.9 Å². The quantitative estimate of drug-likeness (QED) is 0.0978. The first-order valence-electron chi connectivity index (χ1n) is 19.7. The molecule has 0 saturated carbocycles. The molecule has 1 aromatic heterocycles. The zero-order chi connectivity index (χ0) is 42.5. The van der Waals surface area contributed by atoms with Crippen molar-refractivity contribution in [3.05, 3.63) is 65.9 Å². The summed E-state index contributed by atoms with van der Waals surface area (Å²) < 4.78 is 0. The summed E-state index contributed by atoms with van der Waals surface area (Å²) in [6.45, 7) is 3.58. The third kappa shape index (κ3) is 13.1. The number of benzene rings is 2. The molecule has 5 rings (SSSR count). The molecule has 17 nitrogen and oxygen atoms in total. The number of hydrogen-bond donors (Lipinski definition) is 10. The van der Waals surface area contributed by atoms with E-state index in [2.05, 4.69) is 42.2 Å². The van der Waals surface area contributed by atoms with Gasteiger partial charge in [0.15, 0.2) is 0 Å². The summed E-state index contributed by atoms with van der Waals surface area (Å²) in [5, 5.41) is 29.8. The van der Waals surface area contributed by atoms with Gasteiger partial charge in [-0.15, -0.1) is 0 Å². The number of amides is 7. The number of fused-ring (bicyclic) bond motifs is 4. The van der Waals surface area contributed by atoms with Gasteiger partial charge in [0.2, 0.25) is 41.4 Å². The number of nitrogens with one attached hydrogen (secondary N) is 8. The van der Waals surface area contributed by atoms with Gasteiger partial charge in [-0.3, -0.25) is 33.6 Å². The number of phenols is 1. The molecule has 59 heavy (non-hydrogen) atoms. The number of phenolic OH excluding ortho intramolecular Hbond substituents is 1. The number of H-pyrrole nitrogens is 1. The lowest BCUT2D eigenvalue weighted by Crippen LogP contribution is -2.61. The Morgan fingerprint density at radius 2 is 1.27 bits per heavy atom. The number of nitrogens with two attached hydrogens (primary N) is 1. The number of aromatic hydroxyl groups is 1. The fraction of sp³-hybridized carbons (Fsp3) is 0.475. The van der Waals surface area contributed by atoms with E-state index in [0.29, 0.717) is 30.5 Å². The Morgan fingerprint density at radius 3 is 1.97 bits per heavy atom. The van der Waals surface area contributed by atoms with Gasteiger partial charge in [-0.2, -0.15) is 0 Å². The van der Waals surface area contributed by atoms with Gasteiger partial charge in [-0.25, -0.2) is 0 Å². The number of carbonyl (C=O) groups is 7. The number of hydrogen-bond acceptors (Lipinski definition) is 11. The van der Waals surface area contributed by atoms with Gasteiger partial charge in [-0.05, 0) is 67.5 Å². The predicted octanol–water partition coefficient (Wildman–Crippen LogP) is 0.267. The molecular weight excluding hydrogens is 799 g/mol. The van der Waals surface area contributed by atoms with Crippen LogP contribution in [0.1, 0.15) is 50.7 Å². The number of rotatable bonds is 10. The molecule has 7 amide bonds. The minimum atomic E-state index is -1.28. The van der Waals surface area contributed by atoms with Gasteiger partial charge in [0.25, 0.3) is 0 Å². The van der Waals surface area contributed by atoms with Crippen molar-refractivity contribution in [3.8, 4) is 5.75 Å². The van der Waals surface area contributed by atoms with Crippen molar-refractivity contribution in [1.82, 2.24) is 42.2 Å². The van der Waals surface area contributed by atoms with Gasteiger partial charge in [0.1, 0.15) is 42.0 Å². The van der Waals surface area contributed by atoms with E-state index in [1.165, 1.54) is 33.7 Å². The molecule has 2 aromatic carbocycles. The Bertz CT molecular complexity index is 1980. The standard InChI is InChI=1S/C40H53N9O8S2/c1-22(2)15-29-35(52)43-19-34(51)44-32-20-58-59-21-33(49-39(32)56)40(57)48-31(17-24-18-42-27-8-4-3-7-26(24)27)38(55)47-30(16-23-10-12-25(50)13-11-23)37(54)45-28(36(53)46-29)9-5-6-14-41/h3-4,7-8,10-13,18,22,28-33,42,50H,5-6,9,14-17,19-21,41H2,1-2H3,(H,43,52)(H,44,51)(H,45,54)(H,46,53)(H,47,55)(H,48,57)(H,49,56)/t28-,29-,30-,31-,32-,33-/m0/s1. The van der Waals surface area contributed by atoms with E-state index in [-0.39, 0.29) is 48.9 Å². The van der Waals surface area contributed by atoms with Crippen LogP contribution in [-0.2, 0) is 46.4 Å². The highest BCUT2D eigenvalue weighted by atomic mass is 33.1. The fourth-order valence-electron chi connectivity index (χ4n) is 6.77. The van der Waals surface area contributed by atoms with Crippen LogP contribution in [0.5, 0.6) is 5.75 Å². The average Bonchev–Trinajstić information content (AvgIpc) is 3.61. The SMILES string of the molecule is CC(C)C[C@@H]1NC(=O)[C@H](CCCCN)NC(=O)[C@H](Cc2ccc(O)cc2)NC(=O)[C@H](Cc2c[nH]c3ccccc23)NC(=O)[C@@H]2CSSC[C@H](NC(=O)CNC1=O)C(=O)N2. The molecule has 3 aromatic rings. The maximum atomic E-state index is 14.5. The van der Waals surface area contributed by atoms with Crippen LogP contribution in [0.25, 0.3) is 10.9 Å². The summed E-state index contributed by atoms with van der Waals surface area (Å²) in [6.07, 6.45) is 3.04. The summed E-state index contributed by atoms with van der Waals surface area (Å²) >= 11 is 0. The summed E-state index contributed by atoms with van der Waals surface area (Å²) in [5.74, 6) is -4.40. The van der Waals surface area contributed by atoms with Crippen LogP contribution in [-0.4, -0.2) is 112 Å². The Hall–Kier alpha value is -5.27. The topological polar surface area (TPSA) is 266 Å². The molecule has 0 unspecified atom stereocenters. The highest BCUT2D eigenvalue weighted by molar-refractivity contribution is 8.76. The summed E-state index contributed by atoms with van der Waals surface area (Å²) in [6, 6.07) is 6.61. The van der Waals surface area contributed by atoms with Crippen LogP contribution in [0.15, 0.2) is 54.7 Å². The van der Waals surface area contributed by atoms with Crippen LogP contribution in [0.3, 0.4) is 0 Å². The maximum absolute atomic E-state index is 14.5. The van der Waals surface area contributed by atoms with Crippen LogP contribution in [0, 0.1) is 5.92 Å². The molecule has 2 aliphatic heterocycles. The van der Waals surface area contributed by atoms with Gasteiger partial charge >= 0.3 is 0 Å². The first kappa shape index (κ1) is 44.8. The summed E-state index contributed by atoms with van der Waals surface area (Å²) in [5.41, 5.74) is 7.84. The Balaban J connectivity index is 1.53. The molecule has 318 valence electrons. The number of carbonyl (C=O) groups excluding carboxylic acids is 7. The zero-order valence-electron chi connectivity index (χ0n) is 33.0. The molecule has 3 heterocycles. The monoisotopic (exact) mass is 851 g/mol. The van der Waals surface area contributed by atoms with Crippen molar-refractivity contribution in [2.24, 2.45) is 11.7 Å². The molecule has 0 radical (unpaired) electrons. The largest absolute Gasteiger partial charge is 0.508 e. The Kier molecular flexibility index (Phi) is 16.4. The lowest BCUT2D eigenvalue weighted by molar-refractivity contribution is -0.135. The molecular formula is C40H53N9O8S2. The van der Waals surface area contributed by atoms with Gasteiger partial charge in [0, 0.05) is 41.4 Å². The Labute approximate surface area is 350 Å². The molecule has 19 heteroatoms. The molecule has 11 N–H and O–H groups in total. The Morgan fingerprint density at radius 1 is 0.678 bits per heavy atom. The van der Waals surface area contributed by atoms with Crippen molar-refractivity contribution in [2.75, 3.05) is 24.6 Å². The first-order valence-corrected chi connectivity index (χ1v) is 22.2. The van der Waals surface area contributed by atoms with Gasteiger partial charge < -0.3 is 53.0 Å². The fourth-order valence-corrected chi connectivity index (χ4v) is 9.09. The van der Waals surface area contributed by atoms with Crippen molar-refractivity contribution >= 4 is 73.8 Å². The highest BCUT2D eigenvalue weighted by Crippen LogP contribution is 2.25.